The molecule has 6 rings (SSSR count). The van der Waals surface area contributed by atoms with Gasteiger partial charge in [0, 0.05) is 19.4 Å². The number of ketones is 1. The highest BCUT2D eigenvalue weighted by Crippen LogP contribution is 2.74. The van der Waals surface area contributed by atoms with Crippen LogP contribution in [-0.2, 0) is 28.5 Å². The standard InChI is InChI=1S/C24H30O11/c1-22-9-14(26)13-8-24(22,34-20-18(29)17(28)16(27)15(10-25)33-20)23(13,21(31-2)35-22)11-32-19(30)12-6-4-3-5-7-12/h3-7,13,15-18,20-21,25,27-29H,8-11H2,1-2H3/t13-,15+,16+,17-,18+,20-,21-,22-,23+,24+/m0/s1. The van der Waals surface area contributed by atoms with Crippen LogP contribution in [0.1, 0.15) is 30.1 Å². The number of aliphatic hydroxyl groups excluding tert-OH is 4. The van der Waals surface area contributed by atoms with Gasteiger partial charge < -0.3 is 44.1 Å². The molecule has 1 aromatic rings. The van der Waals surface area contributed by atoms with Crippen molar-refractivity contribution in [2.24, 2.45) is 11.3 Å². The number of hydrogen-bond donors (Lipinski definition) is 4. The molecule has 10 atom stereocenters. The molecule has 3 saturated carbocycles. The van der Waals surface area contributed by atoms with Crippen LogP contribution >= 0.6 is 0 Å². The van der Waals surface area contributed by atoms with Crippen LogP contribution in [0.4, 0.5) is 0 Å². The van der Waals surface area contributed by atoms with Gasteiger partial charge in [-0.1, -0.05) is 18.2 Å². The van der Waals surface area contributed by atoms with E-state index >= 15 is 0 Å². The first kappa shape index (κ1) is 24.7. The number of Topliss-reactive ketones (excluding diaryl/α,β-unsaturated/α-hetero) is 1. The molecule has 1 aromatic carbocycles. The predicted octanol–water partition coefficient (Wildman–Crippen LogP) is -0.861. The first-order chi connectivity index (χ1) is 16.6. The number of esters is 1. The normalized spacial score (nSPS) is 46.2. The van der Waals surface area contributed by atoms with Gasteiger partial charge >= 0.3 is 5.97 Å². The van der Waals surface area contributed by atoms with Gasteiger partial charge in [0.25, 0.3) is 0 Å². The van der Waals surface area contributed by atoms with E-state index in [2.05, 4.69) is 0 Å². The van der Waals surface area contributed by atoms with E-state index < -0.39 is 72.1 Å². The van der Waals surface area contributed by atoms with Crippen LogP contribution in [0.5, 0.6) is 0 Å². The molecule has 11 heteroatoms. The SMILES string of the molecule is CO[C@H]1O[C@@]2(C)CC(=O)[C@@H]3C[C@]2(O[C@@H]2O[C@H](CO)[C@@H](O)[C@H](O)[C@H]2O)[C@@]13COC(=O)c1ccccc1. The summed E-state index contributed by atoms with van der Waals surface area (Å²) in [7, 11) is 1.42. The lowest BCUT2D eigenvalue weighted by molar-refractivity contribution is -0.381. The number of rotatable bonds is 7. The molecule has 0 aromatic heterocycles. The summed E-state index contributed by atoms with van der Waals surface area (Å²) in [5, 5.41) is 40.6. The Kier molecular flexibility index (Phi) is 6.05. The summed E-state index contributed by atoms with van der Waals surface area (Å²) in [5.41, 5.74) is -3.41. The fourth-order valence-electron chi connectivity index (χ4n) is 6.38. The van der Waals surface area contributed by atoms with Gasteiger partial charge in [0.05, 0.1) is 17.6 Å². The second-order valence-corrected chi connectivity index (χ2v) is 9.94. The molecular formula is C24H30O11. The summed E-state index contributed by atoms with van der Waals surface area (Å²) in [6.07, 6.45) is -8.23. The minimum absolute atomic E-state index is 0.00330. The third kappa shape index (κ3) is 3.27. The van der Waals surface area contributed by atoms with E-state index in [0.717, 1.165) is 0 Å². The van der Waals surface area contributed by atoms with Gasteiger partial charge in [-0.15, -0.1) is 0 Å². The Morgan fingerprint density at radius 2 is 1.86 bits per heavy atom. The molecule has 2 aliphatic heterocycles. The van der Waals surface area contributed by atoms with Crippen LogP contribution in [0.25, 0.3) is 0 Å². The van der Waals surface area contributed by atoms with Crippen molar-refractivity contribution in [1.82, 2.24) is 0 Å². The van der Waals surface area contributed by atoms with Crippen molar-refractivity contribution in [3.8, 4) is 0 Å². The minimum atomic E-state index is -1.65. The topological polar surface area (TPSA) is 161 Å². The Hall–Kier alpha value is -1.96. The van der Waals surface area contributed by atoms with Gasteiger partial charge in [0.15, 0.2) is 12.6 Å². The largest absolute Gasteiger partial charge is 0.461 e. The maximum absolute atomic E-state index is 13.1. The van der Waals surface area contributed by atoms with Crippen LogP contribution in [0.2, 0.25) is 0 Å². The number of methoxy groups -OCH3 is 1. The third-order valence-electron chi connectivity index (χ3n) is 8.24. The third-order valence-corrected chi connectivity index (χ3v) is 8.24. The van der Waals surface area contributed by atoms with E-state index in [0.29, 0.717) is 5.56 Å². The van der Waals surface area contributed by atoms with Crippen LogP contribution < -0.4 is 0 Å². The average Bonchev–Trinajstić information content (AvgIpc) is 2.93. The maximum atomic E-state index is 13.1. The summed E-state index contributed by atoms with van der Waals surface area (Å²) in [4.78, 5) is 25.8. The fraction of sp³-hybridized carbons (Fsp3) is 0.667. The summed E-state index contributed by atoms with van der Waals surface area (Å²) in [6.45, 7) is 0.812. The monoisotopic (exact) mass is 494 g/mol. The van der Waals surface area contributed by atoms with Crippen molar-refractivity contribution < 1.29 is 53.7 Å². The van der Waals surface area contributed by atoms with Crippen molar-refractivity contribution in [1.29, 1.82) is 0 Å². The minimum Gasteiger partial charge on any atom is -0.461 e. The Morgan fingerprint density at radius 1 is 1.14 bits per heavy atom. The lowest BCUT2D eigenvalue weighted by Crippen LogP contribution is -2.80. The zero-order valence-corrected chi connectivity index (χ0v) is 19.4. The first-order valence-corrected chi connectivity index (χ1v) is 11.6. The predicted molar refractivity (Wildman–Crippen MR) is 115 cm³/mol. The second-order valence-electron chi connectivity index (χ2n) is 9.94. The van der Waals surface area contributed by atoms with E-state index in [9.17, 15) is 30.0 Å². The van der Waals surface area contributed by atoms with Gasteiger partial charge in [-0.05, 0) is 25.5 Å². The molecule has 11 nitrogen and oxygen atoms in total. The van der Waals surface area contributed by atoms with Crippen LogP contribution in [0.3, 0.4) is 0 Å². The van der Waals surface area contributed by atoms with E-state index in [-0.39, 0.29) is 25.2 Å². The number of carbonyl (C=O) groups excluding carboxylic acids is 2. The average molecular weight is 494 g/mol. The van der Waals surface area contributed by atoms with Gasteiger partial charge in [-0.25, -0.2) is 4.79 Å². The second kappa shape index (κ2) is 8.56. The highest BCUT2D eigenvalue weighted by molar-refractivity contribution is 5.90. The van der Waals surface area contributed by atoms with Gasteiger partial charge in [0.2, 0.25) is 0 Å². The van der Waals surface area contributed by atoms with E-state index in [4.69, 9.17) is 23.7 Å². The highest BCUT2D eigenvalue weighted by Gasteiger charge is 2.87. The van der Waals surface area contributed by atoms with E-state index in [1.807, 2.05) is 0 Å². The molecule has 192 valence electrons. The zero-order chi connectivity index (χ0) is 25.2. The lowest BCUT2D eigenvalue weighted by Gasteiger charge is -2.66. The summed E-state index contributed by atoms with van der Waals surface area (Å²) < 4.78 is 29.5. The van der Waals surface area contributed by atoms with Crippen LogP contribution in [-0.4, -0.2) is 101 Å². The molecule has 4 bridgehead atoms. The van der Waals surface area contributed by atoms with Crippen molar-refractivity contribution in [3.05, 3.63) is 35.9 Å². The van der Waals surface area contributed by atoms with Crippen molar-refractivity contribution in [2.45, 2.75) is 68.0 Å². The number of benzene rings is 1. The zero-order valence-electron chi connectivity index (χ0n) is 19.4. The van der Waals surface area contributed by atoms with E-state index in [1.54, 1.807) is 37.3 Å². The molecule has 5 fully saturated rings. The smallest absolute Gasteiger partial charge is 0.338 e. The Labute approximate surface area is 201 Å². The lowest BCUT2D eigenvalue weighted by atomic mass is 9.41. The molecule has 0 spiro atoms. The van der Waals surface area contributed by atoms with Crippen molar-refractivity contribution >= 4 is 11.8 Å². The number of fused-ring (bicyclic) bond motifs is 1. The summed E-state index contributed by atoms with van der Waals surface area (Å²) in [5.74, 6) is -1.28. The molecule has 3 aliphatic carbocycles. The van der Waals surface area contributed by atoms with E-state index in [1.165, 1.54) is 7.11 Å². The number of aliphatic hydroxyl groups is 4. The molecule has 2 saturated heterocycles. The molecule has 0 unspecified atom stereocenters. The fourth-order valence-corrected chi connectivity index (χ4v) is 6.38. The molecule has 0 amide bonds. The maximum Gasteiger partial charge on any atom is 0.338 e. The summed E-state index contributed by atoms with van der Waals surface area (Å²) >= 11 is 0. The van der Waals surface area contributed by atoms with Crippen LogP contribution in [0.15, 0.2) is 30.3 Å². The molecule has 0 radical (unpaired) electrons. The molecule has 2 heterocycles. The van der Waals surface area contributed by atoms with Gasteiger partial charge in [-0.2, -0.15) is 0 Å². The van der Waals surface area contributed by atoms with Crippen LogP contribution in [0, 0.1) is 11.3 Å². The van der Waals surface area contributed by atoms with Crippen molar-refractivity contribution in [2.75, 3.05) is 20.3 Å². The Morgan fingerprint density at radius 3 is 2.51 bits per heavy atom. The number of hydrogen-bond acceptors (Lipinski definition) is 11. The van der Waals surface area contributed by atoms with Crippen molar-refractivity contribution in [3.63, 3.8) is 0 Å². The molecule has 5 aliphatic rings. The molecular weight excluding hydrogens is 464 g/mol. The Bertz CT molecular complexity index is 985. The first-order valence-electron chi connectivity index (χ1n) is 11.6. The number of ether oxygens (including phenoxy) is 5. The molecule has 35 heavy (non-hydrogen) atoms. The van der Waals surface area contributed by atoms with Gasteiger partial charge in [0.1, 0.15) is 48.0 Å². The van der Waals surface area contributed by atoms with Gasteiger partial charge in [-0.3, -0.25) is 4.79 Å². The Balaban J connectivity index is 1.49. The highest BCUT2D eigenvalue weighted by atomic mass is 16.8. The molecule has 4 N–H and O–H groups in total. The summed E-state index contributed by atoms with van der Waals surface area (Å²) in [6, 6.07) is 8.39. The number of carbonyl (C=O) groups is 2. The quantitative estimate of drug-likeness (QED) is 0.349.